The molecule has 0 aromatic heterocycles. The molecule has 0 bridgehead atoms. The molecule has 194 valence electrons. The molecule has 0 spiro atoms. The van der Waals surface area contributed by atoms with Crippen molar-refractivity contribution in [3.05, 3.63) is 78.4 Å². The quantitative estimate of drug-likeness (QED) is 0.470. The van der Waals surface area contributed by atoms with Gasteiger partial charge in [-0.05, 0) is 61.3 Å². The number of hydrogen-bond acceptors (Lipinski definition) is 5. The van der Waals surface area contributed by atoms with Gasteiger partial charge < -0.3 is 20.3 Å². The summed E-state index contributed by atoms with van der Waals surface area (Å²) in [5.74, 6) is 0.251. The van der Waals surface area contributed by atoms with Crippen molar-refractivity contribution < 1.29 is 14.3 Å². The van der Waals surface area contributed by atoms with Gasteiger partial charge in [0.2, 0.25) is 5.91 Å². The fraction of sp³-hybridized carbons (Fsp3) is 0.310. The molecule has 2 amide bonds. The van der Waals surface area contributed by atoms with Crippen LogP contribution in [0.3, 0.4) is 0 Å². The summed E-state index contributed by atoms with van der Waals surface area (Å²) < 4.78 is 5.48. The zero-order valence-electron chi connectivity index (χ0n) is 21.2. The molecule has 37 heavy (non-hydrogen) atoms. The van der Waals surface area contributed by atoms with Crippen molar-refractivity contribution in [3.63, 3.8) is 0 Å². The first kappa shape index (κ1) is 26.7. The van der Waals surface area contributed by atoms with Crippen molar-refractivity contribution in [1.29, 1.82) is 0 Å². The van der Waals surface area contributed by atoms with Crippen molar-refractivity contribution in [3.8, 4) is 16.9 Å². The van der Waals surface area contributed by atoms with E-state index in [0.717, 1.165) is 50.1 Å². The second-order valence-electron chi connectivity index (χ2n) is 9.59. The van der Waals surface area contributed by atoms with Crippen LogP contribution in [-0.4, -0.2) is 67.5 Å². The van der Waals surface area contributed by atoms with Gasteiger partial charge in [-0.25, -0.2) is 0 Å². The number of piperazine rings is 1. The highest BCUT2D eigenvalue weighted by Gasteiger charge is 2.54. The van der Waals surface area contributed by atoms with Gasteiger partial charge in [0.15, 0.2) is 0 Å². The minimum Gasteiger partial charge on any atom is -0.495 e. The summed E-state index contributed by atoms with van der Waals surface area (Å²) >= 11 is 0. The van der Waals surface area contributed by atoms with Crippen molar-refractivity contribution in [2.75, 3.05) is 51.0 Å². The fourth-order valence-corrected chi connectivity index (χ4v) is 4.81. The summed E-state index contributed by atoms with van der Waals surface area (Å²) in [4.78, 5) is 30.9. The van der Waals surface area contributed by atoms with Crippen LogP contribution in [0.15, 0.2) is 72.8 Å². The molecule has 2 N–H and O–H groups in total. The Kier molecular flexibility index (Phi) is 8.17. The SMILES string of the molecule is COc1ccc(C(=O)Nc2ccc(-c3ccccc3)cc2)cc1NC(=O)C1(N2CCN(C)CC2)CC1.Cl. The predicted octanol–water partition coefficient (Wildman–Crippen LogP) is 4.75. The van der Waals surface area contributed by atoms with Crippen LogP contribution in [0.1, 0.15) is 23.2 Å². The van der Waals surface area contributed by atoms with Gasteiger partial charge in [-0.2, -0.15) is 0 Å². The first-order chi connectivity index (χ1) is 17.5. The van der Waals surface area contributed by atoms with Crippen LogP contribution < -0.4 is 15.4 Å². The Morgan fingerprint density at radius 1 is 0.838 bits per heavy atom. The number of likely N-dealkylation sites (N-methyl/N-ethyl adjacent to an activating group) is 1. The van der Waals surface area contributed by atoms with E-state index in [1.807, 2.05) is 42.5 Å². The molecule has 1 saturated carbocycles. The molecule has 8 heteroatoms. The molecule has 3 aromatic carbocycles. The Bertz CT molecular complexity index is 1240. The summed E-state index contributed by atoms with van der Waals surface area (Å²) in [6.07, 6.45) is 1.70. The molecule has 3 aromatic rings. The molecule has 1 aliphatic heterocycles. The Labute approximate surface area is 224 Å². The van der Waals surface area contributed by atoms with Crippen LogP contribution in [0.25, 0.3) is 11.1 Å². The Balaban J connectivity index is 0.00000320. The summed E-state index contributed by atoms with van der Waals surface area (Å²) in [7, 11) is 3.67. The number of hydrogen-bond donors (Lipinski definition) is 2. The zero-order valence-corrected chi connectivity index (χ0v) is 22.0. The summed E-state index contributed by atoms with van der Waals surface area (Å²) in [5.41, 5.74) is 3.41. The number of amides is 2. The van der Waals surface area contributed by atoms with Crippen LogP contribution in [0, 0.1) is 0 Å². The van der Waals surface area contributed by atoms with E-state index in [-0.39, 0.29) is 24.2 Å². The van der Waals surface area contributed by atoms with Crippen LogP contribution in [0.4, 0.5) is 11.4 Å². The smallest absolute Gasteiger partial charge is 0.255 e. The number of anilines is 2. The van der Waals surface area contributed by atoms with E-state index in [9.17, 15) is 9.59 Å². The lowest BCUT2D eigenvalue weighted by Crippen LogP contribution is -2.54. The van der Waals surface area contributed by atoms with Gasteiger partial charge in [0.05, 0.1) is 12.8 Å². The number of benzene rings is 3. The molecule has 1 saturated heterocycles. The van der Waals surface area contributed by atoms with Gasteiger partial charge in [-0.3, -0.25) is 14.5 Å². The Morgan fingerprint density at radius 2 is 1.49 bits per heavy atom. The maximum Gasteiger partial charge on any atom is 0.255 e. The molecule has 1 aliphatic carbocycles. The van der Waals surface area contributed by atoms with Crippen LogP contribution in [0.5, 0.6) is 5.75 Å². The molecule has 2 aliphatic rings. The predicted molar refractivity (Wildman–Crippen MR) is 150 cm³/mol. The van der Waals surface area contributed by atoms with Gasteiger partial charge in [0.25, 0.3) is 5.91 Å². The van der Waals surface area contributed by atoms with E-state index < -0.39 is 5.54 Å². The van der Waals surface area contributed by atoms with Crippen molar-refractivity contribution in [2.45, 2.75) is 18.4 Å². The van der Waals surface area contributed by atoms with E-state index in [1.165, 1.54) is 0 Å². The Hall–Kier alpha value is -3.39. The van der Waals surface area contributed by atoms with Crippen LogP contribution in [-0.2, 0) is 4.79 Å². The van der Waals surface area contributed by atoms with Crippen molar-refractivity contribution in [1.82, 2.24) is 9.80 Å². The van der Waals surface area contributed by atoms with Crippen LogP contribution >= 0.6 is 12.4 Å². The maximum atomic E-state index is 13.3. The van der Waals surface area contributed by atoms with Gasteiger partial charge in [-0.15, -0.1) is 12.4 Å². The third-order valence-corrected chi connectivity index (χ3v) is 7.21. The zero-order chi connectivity index (χ0) is 25.1. The van der Waals surface area contributed by atoms with E-state index >= 15 is 0 Å². The number of ether oxygens (including phenoxy) is 1. The largest absolute Gasteiger partial charge is 0.495 e. The normalized spacial score (nSPS) is 16.8. The Morgan fingerprint density at radius 3 is 2.11 bits per heavy atom. The van der Waals surface area contributed by atoms with E-state index in [2.05, 4.69) is 39.6 Å². The molecular formula is C29H33ClN4O3. The summed E-state index contributed by atoms with van der Waals surface area (Å²) in [5, 5.41) is 6.01. The molecule has 5 rings (SSSR count). The van der Waals surface area contributed by atoms with E-state index in [1.54, 1.807) is 25.3 Å². The van der Waals surface area contributed by atoms with Crippen LogP contribution in [0.2, 0.25) is 0 Å². The first-order valence-corrected chi connectivity index (χ1v) is 12.4. The standard InChI is InChI=1S/C29H32N4O3.ClH/c1-32-16-18-33(19-17-32)29(14-15-29)28(35)31-25-20-23(10-13-26(25)36-2)27(34)30-24-11-8-22(9-12-24)21-6-4-3-5-7-21;/h3-13,20H,14-19H2,1-2H3,(H,30,34)(H,31,35);1H. The van der Waals surface area contributed by atoms with Gasteiger partial charge in [0, 0.05) is 37.4 Å². The minimum atomic E-state index is -0.453. The number of nitrogens with one attached hydrogen (secondary N) is 2. The fourth-order valence-electron chi connectivity index (χ4n) is 4.81. The number of rotatable bonds is 7. The number of carbonyl (C=O) groups is 2. The van der Waals surface area contributed by atoms with E-state index in [4.69, 9.17) is 4.74 Å². The molecule has 2 fully saturated rings. The van der Waals surface area contributed by atoms with Crippen molar-refractivity contribution >= 4 is 35.6 Å². The molecular weight excluding hydrogens is 488 g/mol. The van der Waals surface area contributed by atoms with Gasteiger partial charge in [0.1, 0.15) is 11.3 Å². The topological polar surface area (TPSA) is 73.9 Å². The van der Waals surface area contributed by atoms with Gasteiger partial charge >= 0.3 is 0 Å². The number of methoxy groups -OCH3 is 1. The lowest BCUT2D eigenvalue weighted by atomic mass is 10.1. The highest BCUT2D eigenvalue weighted by atomic mass is 35.5. The molecule has 0 radical (unpaired) electrons. The molecule has 7 nitrogen and oxygen atoms in total. The highest BCUT2D eigenvalue weighted by molar-refractivity contribution is 6.07. The first-order valence-electron chi connectivity index (χ1n) is 12.4. The highest BCUT2D eigenvalue weighted by Crippen LogP contribution is 2.43. The maximum absolute atomic E-state index is 13.3. The number of carbonyl (C=O) groups excluding carboxylic acids is 2. The second kappa shape index (κ2) is 11.3. The second-order valence-corrected chi connectivity index (χ2v) is 9.59. The average molecular weight is 521 g/mol. The third kappa shape index (κ3) is 5.80. The lowest BCUT2D eigenvalue weighted by molar-refractivity contribution is -0.123. The monoisotopic (exact) mass is 520 g/mol. The molecule has 0 atom stereocenters. The minimum absolute atomic E-state index is 0. The molecule has 1 heterocycles. The summed E-state index contributed by atoms with van der Waals surface area (Å²) in [6.45, 7) is 3.68. The average Bonchev–Trinajstić information content (AvgIpc) is 3.72. The number of halogens is 1. The molecule has 0 unspecified atom stereocenters. The lowest BCUT2D eigenvalue weighted by Gasteiger charge is -2.37. The van der Waals surface area contributed by atoms with Gasteiger partial charge in [-0.1, -0.05) is 42.5 Å². The summed E-state index contributed by atoms with van der Waals surface area (Å²) in [6, 6.07) is 22.9. The van der Waals surface area contributed by atoms with Crippen molar-refractivity contribution in [2.24, 2.45) is 0 Å². The van der Waals surface area contributed by atoms with E-state index in [0.29, 0.717) is 22.7 Å². The third-order valence-electron chi connectivity index (χ3n) is 7.21. The number of nitrogens with zero attached hydrogens (tertiary/aromatic N) is 2.